The van der Waals surface area contributed by atoms with Crippen molar-refractivity contribution in [2.24, 2.45) is 0 Å². The SMILES string of the molecule is CNCCN(C(=O)OC(C)(C)C)c1ccccc1C. The van der Waals surface area contributed by atoms with Crippen LogP contribution < -0.4 is 10.2 Å². The molecule has 0 aliphatic carbocycles. The Morgan fingerprint density at radius 3 is 2.47 bits per heavy atom. The zero-order valence-corrected chi connectivity index (χ0v) is 12.5. The van der Waals surface area contributed by atoms with E-state index in [0.717, 1.165) is 11.3 Å². The summed E-state index contributed by atoms with van der Waals surface area (Å²) < 4.78 is 5.47. The zero-order chi connectivity index (χ0) is 14.5. The number of nitrogens with one attached hydrogen (secondary N) is 1. The molecule has 0 atom stereocenters. The molecule has 1 aromatic carbocycles. The second kappa shape index (κ2) is 6.57. The fraction of sp³-hybridized carbons (Fsp3) is 0.533. The number of carbonyl (C=O) groups excluding carboxylic acids is 1. The van der Waals surface area contributed by atoms with Gasteiger partial charge in [-0.15, -0.1) is 0 Å². The molecule has 0 radical (unpaired) electrons. The highest BCUT2D eigenvalue weighted by Gasteiger charge is 2.23. The summed E-state index contributed by atoms with van der Waals surface area (Å²) in [6, 6.07) is 7.82. The molecule has 4 heteroatoms. The molecule has 1 amide bonds. The molecule has 0 bridgehead atoms. The third-order valence-corrected chi connectivity index (χ3v) is 2.61. The van der Waals surface area contributed by atoms with Crippen molar-refractivity contribution in [1.29, 1.82) is 0 Å². The quantitative estimate of drug-likeness (QED) is 0.909. The van der Waals surface area contributed by atoms with E-state index in [1.807, 2.05) is 59.0 Å². The Labute approximate surface area is 115 Å². The van der Waals surface area contributed by atoms with Crippen LogP contribution in [0.25, 0.3) is 0 Å². The first-order valence-corrected chi connectivity index (χ1v) is 6.56. The van der Waals surface area contributed by atoms with Gasteiger partial charge in [0.2, 0.25) is 0 Å². The Hall–Kier alpha value is -1.55. The normalized spacial score (nSPS) is 11.2. The van der Waals surface area contributed by atoms with Crippen LogP contribution in [0.5, 0.6) is 0 Å². The van der Waals surface area contributed by atoms with Crippen LogP contribution >= 0.6 is 0 Å². The first-order chi connectivity index (χ1) is 8.85. The fourth-order valence-electron chi connectivity index (χ4n) is 1.72. The molecule has 0 saturated carbocycles. The van der Waals surface area contributed by atoms with E-state index < -0.39 is 5.60 Å². The van der Waals surface area contributed by atoms with Crippen molar-refractivity contribution >= 4 is 11.8 Å². The summed E-state index contributed by atoms with van der Waals surface area (Å²) in [5.41, 5.74) is 1.47. The molecule has 1 rings (SSSR count). The van der Waals surface area contributed by atoms with Crippen molar-refractivity contribution in [1.82, 2.24) is 5.32 Å². The Kier molecular flexibility index (Phi) is 5.36. The number of hydrogen-bond donors (Lipinski definition) is 1. The molecule has 0 aromatic heterocycles. The molecule has 1 N–H and O–H groups in total. The lowest BCUT2D eigenvalue weighted by Crippen LogP contribution is -2.40. The number of anilines is 1. The van der Waals surface area contributed by atoms with E-state index >= 15 is 0 Å². The molecule has 1 aromatic rings. The molecule has 0 fully saturated rings. The summed E-state index contributed by atoms with van der Waals surface area (Å²) >= 11 is 0. The number of aryl methyl sites for hydroxylation is 1. The smallest absolute Gasteiger partial charge is 0.414 e. The van der Waals surface area contributed by atoms with E-state index in [2.05, 4.69) is 5.32 Å². The number of hydrogen-bond acceptors (Lipinski definition) is 3. The molecular weight excluding hydrogens is 240 g/mol. The van der Waals surface area contributed by atoms with Crippen LogP contribution in [-0.2, 0) is 4.74 Å². The van der Waals surface area contributed by atoms with E-state index in [0.29, 0.717) is 13.1 Å². The van der Waals surface area contributed by atoms with Crippen molar-refractivity contribution < 1.29 is 9.53 Å². The van der Waals surface area contributed by atoms with E-state index in [1.165, 1.54) is 0 Å². The second-order valence-electron chi connectivity index (χ2n) is 5.52. The number of nitrogens with zero attached hydrogens (tertiary/aromatic N) is 1. The Balaban J connectivity index is 2.95. The molecule has 0 aliphatic rings. The average molecular weight is 264 g/mol. The van der Waals surface area contributed by atoms with Gasteiger partial charge in [-0.1, -0.05) is 18.2 Å². The highest BCUT2D eigenvalue weighted by Crippen LogP contribution is 2.21. The topological polar surface area (TPSA) is 41.6 Å². The van der Waals surface area contributed by atoms with Gasteiger partial charge < -0.3 is 10.1 Å². The predicted molar refractivity (Wildman–Crippen MR) is 78.7 cm³/mol. The van der Waals surface area contributed by atoms with Gasteiger partial charge in [-0.25, -0.2) is 4.79 Å². The lowest BCUT2D eigenvalue weighted by Gasteiger charge is -2.28. The molecule has 0 unspecified atom stereocenters. The van der Waals surface area contributed by atoms with Gasteiger partial charge in [-0.05, 0) is 46.4 Å². The number of benzene rings is 1. The highest BCUT2D eigenvalue weighted by molar-refractivity contribution is 5.88. The molecule has 4 nitrogen and oxygen atoms in total. The van der Waals surface area contributed by atoms with E-state index in [1.54, 1.807) is 4.90 Å². The minimum absolute atomic E-state index is 0.308. The number of rotatable bonds is 4. The van der Waals surface area contributed by atoms with Crippen LogP contribution in [0.2, 0.25) is 0 Å². The third-order valence-electron chi connectivity index (χ3n) is 2.61. The van der Waals surface area contributed by atoms with Gasteiger partial charge in [0.15, 0.2) is 0 Å². The molecule has 106 valence electrons. The Bertz CT molecular complexity index is 424. The van der Waals surface area contributed by atoms with E-state index in [9.17, 15) is 4.79 Å². The van der Waals surface area contributed by atoms with Gasteiger partial charge >= 0.3 is 6.09 Å². The number of para-hydroxylation sites is 1. The van der Waals surface area contributed by atoms with Gasteiger partial charge in [0, 0.05) is 18.8 Å². The number of amides is 1. The minimum atomic E-state index is -0.488. The van der Waals surface area contributed by atoms with Crippen molar-refractivity contribution in [2.45, 2.75) is 33.3 Å². The summed E-state index contributed by atoms with van der Waals surface area (Å²) in [5, 5.41) is 3.06. The van der Waals surface area contributed by atoms with Crippen molar-refractivity contribution in [3.05, 3.63) is 29.8 Å². The third kappa shape index (κ3) is 4.91. The van der Waals surface area contributed by atoms with Crippen LogP contribution in [-0.4, -0.2) is 31.8 Å². The van der Waals surface area contributed by atoms with Gasteiger partial charge in [0.05, 0.1) is 0 Å². The Morgan fingerprint density at radius 2 is 1.95 bits per heavy atom. The first kappa shape index (κ1) is 15.5. The standard InChI is InChI=1S/C15H24N2O2/c1-12-8-6-7-9-13(12)17(11-10-16-5)14(18)19-15(2,3)4/h6-9,16H,10-11H2,1-5H3. The van der Waals surface area contributed by atoms with Crippen LogP contribution in [0.4, 0.5) is 10.5 Å². The number of ether oxygens (including phenoxy) is 1. The maximum Gasteiger partial charge on any atom is 0.414 e. The molecular formula is C15H24N2O2. The molecule has 0 saturated heterocycles. The fourth-order valence-corrected chi connectivity index (χ4v) is 1.72. The maximum absolute atomic E-state index is 12.3. The summed E-state index contributed by atoms with van der Waals surface area (Å²) in [6.07, 6.45) is -0.308. The summed E-state index contributed by atoms with van der Waals surface area (Å²) in [6.45, 7) is 8.91. The van der Waals surface area contributed by atoms with Crippen LogP contribution in [0.15, 0.2) is 24.3 Å². The van der Waals surface area contributed by atoms with E-state index in [-0.39, 0.29) is 6.09 Å². The molecule has 0 heterocycles. The second-order valence-corrected chi connectivity index (χ2v) is 5.52. The van der Waals surface area contributed by atoms with Crippen LogP contribution in [0.3, 0.4) is 0 Å². The molecule has 0 spiro atoms. The van der Waals surface area contributed by atoms with Gasteiger partial charge in [0.25, 0.3) is 0 Å². The monoisotopic (exact) mass is 264 g/mol. The Morgan fingerprint density at radius 1 is 1.32 bits per heavy atom. The average Bonchev–Trinajstić information content (AvgIpc) is 2.29. The maximum atomic E-state index is 12.3. The summed E-state index contributed by atoms with van der Waals surface area (Å²) in [4.78, 5) is 14.0. The van der Waals surface area contributed by atoms with E-state index in [4.69, 9.17) is 4.74 Å². The van der Waals surface area contributed by atoms with Crippen molar-refractivity contribution in [3.63, 3.8) is 0 Å². The van der Waals surface area contributed by atoms with Crippen LogP contribution in [0.1, 0.15) is 26.3 Å². The number of likely N-dealkylation sites (N-methyl/N-ethyl adjacent to an activating group) is 1. The lowest BCUT2D eigenvalue weighted by atomic mass is 10.2. The van der Waals surface area contributed by atoms with Crippen molar-refractivity contribution in [2.75, 3.05) is 25.0 Å². The van der Waals surface area contributed by atoms with Gasteiger partial charge in [-0.2, -0.15) is 0 Å². The first-order valence-electron chi connectivity index (χ1n) is 6.56. The number of carbonyl (C=O) groups is 1. The lowest BCUT2D eigenvalue weighted by molar-refractivity contribution is 0.0580. The van der Waals surface area contributed by atoms with Crippen molar-refractivity contribution in [3.8, 4) is 0 Å². The van der Waals surface area contributed by atoms with Crippen LogP contribution in [0, 0.1) is 6.92 Å². The zero-order valence-electron chi connectivity index (χ0n) is 12.5. The highest BCUT2D eigenvalue weighted by atomic mass is 16.6. The summed E-state index contributed by atoms with van der Waals surface area (Å²) in [5.74, 6) is 0. The predicted octanol–water partition coefficient (Wildman–Crippen LogP) is 2.96. The van der Waals surface area contributed by atoms with Gasteiger partial charge in [-0.3, -0.25) is 4.90 Å². The largest absolute Gasteiger partial charge is 0.443 e. The minimum Gasteiger partial charge on any atom is -0.443 e. The molecule has 19 heavy (non-hydrogen) atoms. The molecule has 0 aliphatic heterocycles. The summed E-state index contributed by atoms with van der Waals surface area (Å²) in [7, 11) is 1.87. The van der Waals surface area contributed by atoms with Gasteiger partial charge in [0.1, 0.15) is 5.60 Å².